The molecule has 0 saturated carbocycles. The van der Waals surface area contributed by atoms with Crippen LogP contribution in [0.5, 0.6) is 11.5 Å². The molecule has 0 aliphatic rings. The summed E-state index contributed by atoms with van der Waals surface area (Å²) in [4.78, 5) is 12.7. The van der Waals surface area contributed by atoms with E-state index in [1.54, 1.807) is 24.1 Å². The van der Waals surface area contributed by atoms with Gasteiger partial charge in [-0.3, -0.25) is 9.48 Å². The summed E-state index contributed by atoms with van der Waals surface area (Å²) in [5, 5.41) is 7.26. The summed E-state index contributed by atoms with van der Waals surface area (Å²) >= 11 is 0. The second-order valence-electron chi connectivity index (χ2n) is 7.51. The van der Waals surface area contributed by atoms with Crippen LogP contribution >= 0.6 is 0 Å². The molecule has 6 heteroatoms. The van der Waals surface area contributed by atoms with Crippen molar-refractivity contribution in [1.29, 1.82) is 0 Å². The normalized spacial score (nSPS) is 10.6. The van der Waals surface area contributed by atoms with Gasteiger partial charge in [-0.2, -0.15) is 5.10 Å². The van der Waals surface area contributed by atoms with Gasteiger partial charge in [-0.15, -0.1) is 0 Å². The van der Waals surface area contributed by atoms with E-state index >= 15 is 0 Å². The van der Waals surface area contributed by atoms with Crippen LogP contribution in [0.25, 0.3) is 0 Å². The molecule has 1 aromatic heterocycles. The molecule has 0 saturated heterocycles. The number of ether oxygens (including phenoxy) is 2. The standard InChI is InChI=1S/C26H25N3O3/c1-19-10-12-20(13-11-19)16-29-17-23(15-27-29)28-26(30)22-7-5-6-21(14-22)18-32-25-9-4-3-8-24(25)31-2/h3-15,17H,16,18H2,1-2H3,(H,28,30). The maximum Gasteiger partial charge on any atom is 0.255 e. The molecule has 0 radical (unpaired) electrons. The third-order valence-electron chi connectivity index (χ3n) is 5.01. The number of para-hydroxylation sites is 2. The number of hydrogen-bond acceptors (Lipinski definition) is 4. The van der Waals surface area contributed by atoms with Gasteiger partial charge in [-0.05, 0) is 42.3 Å². The van der Waals surface area contributed by atoms with Gasteiger partial charge < -0.3 is 14.8 Å². The van der Waals surface area contributed by atoms with E-state index in [0.717, 1.165) is 11.1 Å². The monoisotopic (exact) mass is 427 g/mol. The zero-order valence-electron chi connectivity index (χ0n) is 18.1. The lowest BCUT2D eigenvalue weighted by molar-refractivity contribution is 0.102. The summed E-state index contributed by atoms with van der Waals surface area (Å²) in [7, 11) is 1.61. The van der Waals surface area contributed by atoms with Gasteiger partial charge in [0.25, 0.3) is 5.91 Å². The first-order valence-corrected chi connectivity index (χ1v) is 10.3. The second kappa shape index (κ2) is 9.83. The molecule has 1 heterocycles. The lowest BCUT2D eigenvalue weighted by atomic mass is 10.1. The Labute approximate surface area is 187 Å². The van der Waals surface area contributed by atoms with Crippen molar-refractivity contribution in [2.45, 2.75) is 20.1 Å². The number of nitrogens with zero attached hydrogens (tertiary/aromatic N) is 2. The quantitative estimate of drug-likeness (QED) is 0.426. The molecule has 1 amide bonds. The van der Waals surface area contributed by atoms with Crippen molar-refractivity contribution in [3.05, 3.63) is 107 Å². The molecule has 4 aromatic rings. The van der Waals surface area contributed by atoms with Crippen LogP contribution in [-0.2, 0) is 13.2 Å². The fourth-order valence-corrected chi connectivity index (χ4v) is 3.30. The highest BCUT2D eigenvalue weighted by Crippen LogP contribution is 2.26. The molecular formula is C26H25N3O3. The minimum absolute atomic E-state index is 0.195. The van der Waals surface area contributed by atoms with Crippen molar-refractivity contribution in [1.82, 2.24) is 9.78 Å². The van der Waals surface area contributed by atoms with Crippen LogP contribution in [0.2, 0.25) is 0 Å². The molecule has 0 bridgehead atoms. The van der Waals surface area contributed by atoms with E-state index in [-0.39, 0.29) is 5.91 Å². The number of carbonyl (C=O) groups excluding carboxylic acids is 1. The lowest BCUT2D eigenvalue weighted by Gasteiger charge is -2.11. The SMILES string of the molecule is COc1ccccc1OCc1cccc(C(=O)Nc2cnn(Cc3ccc(C)cc3)c2)c1. The minimum atomic E-state index is -0.195. The number of aromatic nitrogens is 2. The molecule has 0 atom stereocenters. The van der Waals surface area contributed by atoms with Gasteiger partial charge in [-0.25, -0.2) is 0 Å². The topological polar surface area (TPSA) is 65.4 Å². The van der Waals surface area contributed by atoms with E-state index in [4.69, 9.17) is 9.47 Å². The number of amides is 1. The highest BCUT2D eigenvalue weighted by Gasteiger charge is 2.10. The van der Waals surface area contributed by atoms with E-state index in [0.29, 0.717) is 35.9 Å². The summed E-state index contributed by atoms with van der Waals surface area (Å²) in [5.74, 6) is 1.13. The first kappa shape index (κ1) is 21.2. The Morgan fingerprint density at radius 2 is 1.75 bits per heavy atom. The number of hydrogen-bond donors (Lipinski definition) is 1. The number of anilines is 1. The number of carbonyl (C=O) groups is 1. The summed E-state index contributed by atoms with van der Waals surface area (Å²) in [5.41, 5.74) is 4.46. The molecule has 0 spiro atoms. The summed E-state index contributed by atoms with van der Waals surface area (Å²) in [6.45, 7) is 3.03. The van der Waals surface area contributed by atoms with Crippen molar-refractivity contribution in [3.8, 4) is 11.5 Å². The zero-order valence-corrected chi connectivity index (χ0v) is 18.1. The van der Waals surface area contributed by atoms with Crippen LogP contribution < -0.4 is 14.8 Å². The Hall–Kier alpha value is -4.06. The van der Waals surface area contributed by atoms with Gasteiger partial charge in [0, 0.05) is 11.8 Å². The van der Waals surface area contributed by atoms with Crippen LogP contribution in [0, 0.1) is 6.92 Å². The zero-order chi connectivity index (χ0) is 22.3. The molecule has 4 rings (SSSR count). The van der Waals surface area contributed by atoms with E-state index < -0.39 is 0 Å². The minimum Gasteiger partial charge on any atom is -0.493 e. The molecule has 0 aliphatic heterocycles. The largest absolute Gasteiger partial charge is 0.493 e. The van der Waals surface area contributed by atoms with Gasteiger partial charge in [0.2, 0.25) is 0 Å². The smallest absolute Gasteiger partial charge is 0.255 e. The van der Waals surface area contributed by atoms with Gasteiger partial charge in [-0.1, -0.05) is 54.1 Å². The predicted molar refractivity (Wildman–Crippen MR) is 124 cm³/mol. The fraction of sp³-hybridized carbons (Fsp3) is 0.154. The fourth-order valence-electron chi connectivity index (χ4n) is 3.30. The maximum atomic E-state index is 12.7. The van der Waals surface area contributed by atoms with Crippen LogP contribution in [0.1, 0.15) is 27.0 Å². The molecular weight excluding hydrogens is 402 g/mol. The molecule has 0 aliphatic carbocycles. The number of benzene rings is 3. The third-order valence-corrected chi connectivity index (χ3v) is 5.01. The number of rotatable bonds is 8. The Morgan fingerprint density at radius 1 is 0.969 bits per heavy atom. The highest BCUT2D eigenvalue weighted by molar-refractivity contribution is 6.04. The highest BCUT2D eigenvalue weighted by atomic mass is 16.5. The predicted octanol–water partition coefficient (Wildman–Crippen LogP) is 5.08. The average molecular weight is 428 g/mol. The van der Waals surface area contributed by atoms with Crippen LogP contribution in [0.3, 0.4) is 0 Å². The van der Waals surface area contributed by atoms with Crippen molar-refractivity contribution in [3.63, 3.8) is 0 Å². The molecule has 0 unspecified atom stereocenters. The van der Waals surface area contributed by atoms with Gasteiger partial charge >= 0.3 is 0 Å². The molecule has 162 valence electrons. The van der Waals surface area contributed by atoms with Gasteiger partial charge in [0.05, 0.1) is 25.5 Å². The van der Waals surface area contributed by atoms with Crippen molar-refractivity contribution in [2.75, 3.05) is 12.4 Å². The Kier molecular flexibility index (Phi) is 6.51. The van der Waals surface area contributed by atoms with Crippen LogP contribution in [-0.4, -0.2) is 22.8 Å². The summed E-state index contributed by atoms with van der Waals surface area (Å²) in [6, 6.07) is 23.1. The third kappa shape index (κ3) is 5.35. The first-order chi connectivity index (χ1) is 15.6. The van der Waals surface area contributed by atoms with E-state index in [1.165, 1.54) is 5.56 Å². The Bertz CT molecular complexity index is 1200. The average Bonchev–Trinajstić information content (AvgIpc) is 3.26. The number of nitrogens with one attached hydrogen (secondary N) is 1. The molecule has 32 heavy (non-hydrogen) atoms. The van der Waals surface area contributed by atoms with Crippen LogP contribution in [0.4, 0.5) is 5.69 Å². The van der Waals surface area contributed by atoms with E-state index in [9.17, 15) is 4.79 Å². The maximum absolute atomic E-state index is 12.7. The van der Waals surface area contributed by atoms with Crippen molar-refractivity contribution in [2.24, 2.45) is 0 Å². The van der Waals surface area contributed by atoms with E-state index in [2.05, 4.69) is 41.6 Å². The second-order valence-corrected chi connectivity index (χ2v) is 7.51. The van der Waals surface area contributed by atoms with Crippen molar-refractivity contribution >= 4 is 11.6 Å². The van der Waals surface area contributed by atoms with Gasteiger partial charge in [0.15, 0.2) is 11.5 Å². The number of methoxy groups -OCH3 is 1. The first-order valence-electron chi connectivity index (χ1n) is 10.3. The molecule has 0 fully saturated rings. The van der Waals surface area contributed by atoms with Crippen LogP contribution in [0.15, 0.2) is 85.2 Å². The van der Waals surface area contributed by atoms with Crippen molar-refractivity contribution < 1.29 is 14.3 Å². The summed E-state index contributed by atoms with van der Waals surface area (Å²) < 4.78 is 13.0. The lowest BCUT2D eigenvalue weighted by Crippen LogP contribution is -2.12. The number of aryl methyl sites for hydroxylation is 1. The molecule has 3 aromatic carbocycles. The van der Waals surface area contributed by atoms with Gasteiger partial charge in [0.1, 0.15) is 6.61 Å². The molecule has 6 nitrogen and oxygen atoms in total. The molecule has 1 N–H and O–H groups in total. The Morgan fingerprint density at radius 3 is 2.53 bits per heavy atom. The summed E-state index contributed by atoms with van der Waals surface area (Å²) in [6.07, 6.45) is 3.48. The van der Waals surface area contributed by atoms with E-state index in [1.807, 2.05) is 48.7 Å². The Balaban J connectivity index is 1.37.